The van der Waals surface area contributed by atoms with E-state index in [0.717, 1.165) is 35.5 Å². The van der Waals surface area contributed by atoms with E-state index in [1.807, 2.05) is 0 Å². The summed E-state index contributed by atoms with van der Waals surface area (Å²) in [7, 11) is -0.974. The van der Waals surface area contributed by atoms with E-state index >= 15 is 0 Å². The molecule has 1 N–H and O–H groups in total. The van der Waals surface area contributed by atoms with Gasteiger partial charge in [-0.25, -0.2) is 17.2 Å². The van der Waals surface area contributed by atoms with Crippen LogP contribution in [0.4, 0.5) is 25.8 Å². The van der Waals surface area contributed by atoms with Crippen LogP contribution in [0.2, 0.25) is 0 Å². The SMILES string of the molecule is CN1Cc2nc(CC(=O)C3CC3)cc(Nc3cc(F)c(F)cc3N(C)S(C)(=O)=O)c2C1=O. The van der Waals surface area contributed by atoms with Gasteiger partial charge in [0.2, 0.25) is 10.0 Å². The van der Waals surface area contributed by atoms with Crippen molar-refractivity contribution >= 4 is 38.8 Å². The number of halogens is 2. The number of amides is 1. The van der Waals surface area contributed by atoms with Gasteiger partial charge in [0.1, 0.15) is 5.78 Å². The number of anilines is 3. The summed E-state index contributed by atoms with van der Waals surface area (Å²) in [5.41, 5.74) is 1.22. The van der Waals surface area contributed by atoms with E-state index in [2.05, 4.69) is 10.3 Å². The molecule has 1 aliphatic carbocycles. The monoisotopic (exact) mass is 464 g/mol. The lowest BCUT2D eigenvalue weighted by Gasteiger charge is -2.22. The molecule has 1 saturated carbocycles. The Bertz CT molecular complexity index is 1240. The van der Waals surface area contributed by atoms with E-state index in [1.165, 1.54) is 18.0 Å². The molecule has 2 aromatic rings. The van der Waals surface area contributed by atoms with Gasteiger partial charge in [0.25, 0.3) is 5.91 Å². The quantitative estimate of drug-likeness (QED) is 0.676. The average molecular weight is 464 g/mol. The highest BCUT2D eigenvalue weighted by molar-refractivity contribution is 7.92. The van der Waals surface area contributed by atoms with Gasteiger partial charge >= 0.3 is 0 Å². The van der Waals surface area contributed by atoms with Crippen molar-refractivity contribution < 1.29 is 26.8 Å². The second-order valence-electron chi connectivity index (χ2n) is 8.20. The van der Waals surface area contributed by atoms with Crippen LogP contribution in [0.5, 0.6) is 0 Å². The van der Waals surface area contributed by atoms with Gasteiger partial charge in [0.15, 0.2) is 11.6 Å². The molecule has 0 saturated heterocycles. The molecule has 32 heavy (non-hydrogen) atoms. The predicted molar refractivity (Wildman–Crippen MR) is 114 cm³/mol. The number of nitrogens with one attached hydrogen (secondary N) is 1. The molecule has 1 aromatic carbocycles. The summed E-state index contributed by atoms with van der Waals surface area (Å²) in [5, 5.41) is 2.89. The Morgan fingerprint density at radius 3 is 2.50 bits per heavy atom. The van der Waals surface area contributed by atoms with E-state index in [9.17, 15) is 26.8 Å². The van der Waals surface area contributed by atoms with Crippen LogP contribution in [0, 0.1) is 17.6 Å². The van der Waals surface area contributed by atoms with Gasteiger partial charge in [-0.1, -0.05) is 0 Å². The third-order valence-electron chi connectivity index (χ3n) is 5.63. The van der Waals surface area contributed by atoms with Crippen molar-refractivity contribution in [1.82, 2.24) is 9.88 Å². The number of rotatable bonds is 7. The van der Waals surface area contributed by atoms with Gasteiger partial charge in [0, 0.05) is 38.6 Å². The summed E-state index contributed by atoms with van der Waals surface area (Å²) < 4.78 is 52.9. The van der Waals surface area contributed by atoms with Gasteiger partial charge < -0.3 is 10.2 Å². The number of aromatic nitrogens is 1. The lowest BCUT2D eigenvalue weighted by atomic mass is 10.1. The third-order valence-corrected chi connectivity index (χ3v) is 6.82. The zero-order valence-corrected chi connectivity index (χ0v) is 18.6. The Kier molecular flexibility index (Phi) is 5.40. The summed E-state index contributed by atoms with van der Waals surface area (Å²) in [6.45, 7) is 0.238. The number of sulfonamides is 1. The second-order valence-corrected chi connectivity index (χ2v) is 10.2. The number of pyridine rings is 1. The molecule has 0 unspecified atom stereocenters. The molecule has 11 heteroatoms. The lowest BCUT2D eigenvalue weighted by molar-refractivity contribution is -0.119. The molecule has 1 fully saturated rings. The number of nitrogens with zero attached hydrogens (tertiary/aromatic N) is 3. The van der Waals surface area contributed by atoms with Crippen LogP contribution in [0.25, 0.3) is 0 Å². The van der Waals surface area contributed by atoms with Crippen molar-refractivity contribution in [1.29, 1.82) is 0 Å². The van der Waals surface area contributed by atoms with Crippen molar-refractivity contribution in [3.8, 4) is 0 Å². The Hall–Kier alpha value is -3.08. The summed E-state index contributed by atoms with van der Waals surface area (Å²) in [5.74, 6) is -2.63. The zero-order valence-electron chi connectivity index (χ0n) is 17.8. The molecule has 1 aliphatic heterocycles. The first-order valence-electron chi connectivity index (χ1n) is 9.96. The normalized spacial score (nSPS) is 15.7. The Morgan fingerprint density at radius 1 is 1.22 bits per heavy atom. The van der Waals surface area contributed by atoms with Crippen LogP contribution >= 0.6 is 0 Å². The van der Waals surface area contributed by atoms with Crippen molar-refractivity contribution in [2.75, 3.05) is 30.0 Å². The first kappa shape index (κ1) is 22.1. The van der Waals surface area contributed by atoms with Crippen LogP contribution in [0.15, 0.2) is 18.2 Å². The Balaban J connectivity index is 1.80. The van der Waals surface area contributed by atoms with E-state index in [1.54, 1.807) is 7.05 Å². The third kappa shape index (κ3) is 4.16. The maximum Gasteiger partial charge on any atom is 0.257 e. The van der Waals surface area contributed by atoms with Gasteiger partial charge in [-0.15, -0.1) is 0 Å². The minimum absolute atomic E-state index is 0.0342. The van der Waals surface area contributed by atoms with E-state index in [-0.39, 0.29) is 53.2 Å². The Labute approximate surface area is 184 Å². The van der Waals surface area contributed by atoms with Gasteiger partial charge in [0.05, 0.1) is 46.8 Å². The number of fused-ring (bicyclic) bond motifs is 1. The van der Waals surface area contributed by atoms with Crippen molar-refractivity contribution in [3.05, 3.63) is 46.8 Å². The predicted octanol–water partition coefficient (Wildman–Crippen LogP) is 2.61. The van der Waals surface area contributed by atoms with E-state index in [4.69, 9.17) is 0 Å². The largest absolute Gasteiger partial charge is 0.353 e. The molecule has 0 radical (unpaired) electrons. The van der Waals surface area contributed by atoms with Crippen molar-refractivity contribution in [2.24, 2.45) is 5.92 Å². The summed E-state index contributed by atoms with van der Waals surface area (Å²) >= 11 is 0. The highest BCUT2D eigenvalue weighted by Crippen LogP contribution is 2.36. The molecule has 1 aromatic heterocycles. The van der Waals surface area contributed by atoms with Gasteiger partial charge in [-0.2, -0.15) is 0 Å². The highest BCUT2D eigenvalue weighted by atomic mass is 32.2. The molecule has 2 aliphatic rings. The molecular weight excluding hydrogens is 442 g/mol. The van der Waals surface area contributed by atoms with E-state index < -0.39 is 21.7 Å². The molecule has 0 atom stereocenters. The first-order chi connectivity index (χ1) is 15.0. The molecule has 8 nitrogen and oxygen atoms in total. The van der Waals surface area contributed by atoms with Crippen LogP contribution in [0.1, 0.15) is 34.6 Å². The summed E-state index contributed by atoms with van der Waals surface area (Å²) in [4.78, 5) is 30.9. The number of benzene rings is 1. The highest BCUT2D eigenvalue weighted by Gasteiger charge is 2.33. The number of ketones is 1. The first-order valence-corrected chi connectivity index (χ1v) is 11.8. The fourth-order valence-corrected chi connectivity index (χ4v) is 4.14. The van der Waals surface area contributed by atoms with Crippen LogP contribution in [0.3, 0.4) is 0 Å². The zero-order chi connectivity index (χ0) is 23.4. The van der Waals surface area contributed by atoms with Crippen molar-refractivity contribution in [2.45, 2.75) is 25.8 Å². The van der Waals surface area contributed by atoms with Crippen LogP contribution in [-0.2, 0) is 27.8 Å². The number of hydrogen-bond donors (Lipinski definition) is 1. The minimum Gasteiger partial charge on any atom is -0.353 e. The number of carbonyl (C=O) groups excluding carboxylic acids is 2. The minimum atomic E-state index is -3.79. The summed E-state index contributed by atoms with van der Waals surface area (Å²) in [6.07, 6.45) is 2.74. The topological polar surface area (TPSA) is 99.7 Å². The molecule has 4 rings (SSSR count). The van der Waals surface area contributed by atoms with E-state index in [0.29, 0.717) is 11.4 Å². The standard InChI is InChI=1S/C21H22F2N4O4S/c1-26-10-17-20(21(26)29)16(6-12(24-17)7-19(28)11-4-5-11)25-15-8-13(22)14(23)9-18(15)27(2)32(3,30)31/h6,8-9,11H,4-5,7,10H2,1-3H3,(H,24,25). The Morgan fingerprint density at radius 2 is 1.88 bits per heavy atom. The molecule has 0 spiro atoms. The number of Topliss-reactive ketones (excluding diaryl/α,β-unsaturated/α-hetero) is 1. The maximum atomic E-state index is 14.1. The molecular formula is C21H22F2N4O4S. The number of carbonyl (C=O) groups is 2. The second kappa shape index (κ2) is 7.80. The fourth-order valence-electron chi connectivity index (χ4n) is 3.63. The van der Waals surface area contributed by atoms with Gasteiger partial charge in [-0.3, -0.25) is 18.9 Å². The van der Waals surface area contributed by atoms with Gasteiger partial charge in [-0.05, 0) is 18.9 Å². The molecule has 1 amide bonds. The van der Waals surface area contributed by atoms with Crippen molar-refractivity contribution in [3.63, 3.8) is 0 Å². The average Bonchev–Trinajstić information content (AvgIpc) is 3.50. The molecule has 170 valence electrons. The number of hydrogen-bond acceptors (Lipinski definition) is 6. The lowest BCUT2D eigenvalue weighted by Crippen LogP contribution is -2.26. The maximum absolute atomic E-state index is 14.1. The molecule has 2 heterocycles. The van der Waals surface area contributed by atoms with Crippen LogP contribution < -0.4 is 9.62 Å². The molecule has 0 bridgehead atoms. The summed E-state index contributed by atoms with van der Waals surface area (Å²) in [6, 6.07) is 3.13. The van der Waals surface area contributed by atoms with Crippen LogP contribution in [-0.4, -0.2) is 50.3 Å². The fraction of sp³-hybridized carbons (Fsp3) is 0.381. The smallest absolute Gasteiger partial charge is 0.257 e.